The zero-order valence-electron chi connectivity index (χ0n) is 28.4. The molecule has 0 saturated carbocycles. The SMILES string of the molecule is CCCn1cc2cc1C(c1ccccc1)=C1C=CC(=N1)C(c1ccccc1)=C1C=CC(=N1)C(c1ccccc1)=c1ccc([nH]1)=C2c1ccccc1. The topological polar surface area (TPSA) is 45.4 Å². The molecule has 8 bridgehead atoms. The zero-order valence-corrected chi connectivity index (χ0v) is 28.4. The predicted molar refractivity (Wildman–Crippen MR) is 211 cm³/mol. The number of hydrogen-bond acceptors (Lipinski definition) is 2. The quantitative estimate of drug-likeness (QED) is 0.186. The van der Waals surface area contributed by atoms with Gasteiger partial charge in [0, 0.05) is 51.3 Å². The molecule has 0 atom stereocenters. The molecule has 51 heavy (non-hydrogen) atoms. The van der Waals surface area contributed by atoms with Gasteiger partial charge >= 0.3 is 0 Å². The molecular formula is C47H36N4. The van der Waals surface area contributed by atoms with Crippen molar-refractivity contribution < 1.29 is 0 Å². The smallest absolute Gasteiger partial charge is 0.0738 e. The fourth-order valence-corrected chi connectivity index (χ4v) is 7.44. The molecule has 2 aromatic heterocycles. The van der Waals surface area contributed by atoms with E-state index < -0.39 is 0 Å². The van der Waals surface area contributed by atoms with Crippen LogP contribution in [0.15, 0.2) is 191 Å². The number of benzene rings is 4. The number of nitrogens with one attached hydrogen (secondary N) is 1. The monoisotopic (exact) mass is 656 g/mol. The summed E-state index contributed by atoms with van der Waals surface area (Å²) in [6.45, 7) is 3.12. The minimum atomic E-state index is 0.879. The van der Waals surface area contributed by atoms with Crippen LogP contribution in [0.2, 0.25) is 0 Å². The van der Waals surface area contributed by atoms with Crippen molar-refractivity contribution in [2.45, 2.75) is 19.9 Å². The van der Waals surface area contributed by atoms with E-state index in [1.54, 1.807) is 0 Å². The van der Waals surface area contributed by atoms with Crippen LogP contribution in [0.25, 0.3) is 22.3 Å². The van der Waals surface area contributed by atoms with Gasteiger partial charge in [0.1, 0.15) is 0 Å². The van der Waals surface area contributed by atoms with Crippen LogP contribution >= 0.6 is 0 Å². The molecule has 0 radical (unpaired) electrons. The highest BCUT2D eigenvalue weighted by Crippen LogP contribution is 2.37. The summed E-state index contributed by atoms with van der Waals surface area (Å²) in [7, 11) is 0. The predicted octanol–water partition coefficient (Wildman–Crippen LogP) is 8.88. The molecule has 4 heteroatoms. The van der Waals surface area contributed by atoms with Gasteiger partial charge in [-0.1, -0.05) is 128 Å². The second kappa shape index (κ2) is 13.1. The molecule has 0 amide bonds. The number of aryl methyl sites for hydroxylation is 1. The summed E-state index contributed by atoms with van der Waals surface area (Å²) in [5.74, 6) is 0. The molecule has 4 nitrogen and oxygen atoms in total. The largest absolute Gasteiger partial charge is 0.354 e. The average molecular weight is 657 g/mol. The molecule has 4 aromatic carbocycles. The number of allylic oxidation sites excluding steroid dienone is 5. The van der Waals surface area contributed by atoms with Gasteiger partial charge in [-0.15, -0.1) is 0 Å². The molecule has 244 valence electrons. The molecule has 0 unspecified atom stereocenters. The molecule has 5 heterocycles. The van der Waals surface area contributed by atoms with Crippen molar-refractivity contribution in [3.8, 4) is 0 Å². The summed E-state index contributed by atoms with van der Waals surface area (Å²) in [6, 6.07) is 49.2. The van der Waals surface area contributed by atoms with Gasteiger partial charge in [0.2, 0.25) is 0 Å². The van der Waals surface area contributed by atoms with E-state index in [9.17, 15) is 0 Å². The number of nitrogens with zero attached hydrogens (tertiary/aromatic N) is 3. The van der Waals surface area contributed by atoms with E-state index in [1.807, 2.05) is 0 Å². The van der Waals surface area contributed by atoms with E-state index in [0.717, 1.165) is 102 Å². The van der Waals surface area contributed by atoms with Gasteiger partial charge in [0.15, 0.2) is 0 Å². The molecule has 6 aromatic rings. The van der Waals surface area contributed by atoms with Gasteiger partial charge in [-0.05, 0) is 71.2 Å². The van der Waals surface area contributed by atoms with E-state index in [1.165, 1.54) is 0 Å². The average Bonchev–Trinajstić information content (AvgIpc) is 4.01. The van der Waals surface area contributed by atoms with Gasteiger partial charge in [-0.2, -0.15) is 0 Å². The highest BCUT2D eigenvalue weighted by Gasteiger charge is 2.25. The lowest BCUT2D eigenvalue weighted by atomic mass is 9.97. The third-order valence-electron chi connectivity index (χ3n) is 9.68. The highest BCUT2D eigenvalue weighted by molar-refractivity contribution is 6.35. The third kappa shape index (κ3) is 5.61. The second-order valence-corrected chi connectivity index (χ2v) is 13.0. The second-order valence-electron chi connectivity index (χ2n) is 13.0. The van der Waals surface area contributed by atoms with E-state index >= 15 is 0 Å². The fraction of sp³-hybridized carbons (Fsp3) is 0.0638. The van der Waals surface area contributed by atoms with E-state index in [-0.39, 0.29) is 0 Å². The Balaban J connectivity index is 1.44. The molecule has 3 aliphatic heterocycles. The number of hydrogen-bond donors (Lipinski definition) is 1. The first-order chi connectivity index (χ1) is 25.2. The number of aromatic nitrogens is 2. The van der Waals surface area contributed by atoms with Crippen LogP contribution < -0.4 is 10.7 Å². The zero-order chi connectivity index (χ0) is 34.1. The Morgan fingerprint density at radius 1 is 0.471 bits per heavy atom. The highest BCUT2D eigenvalue weighted by atomic mass is 15.0. The number of rotatable bonds is 6. The van der Waals surface area contributed by atoms with Crippen molar-refractivity contribution in [1.82, 2.24) is 9.55 Å². The Kier molecular flexibility index (Phi) is 7.82. The molecule has 0 saturated heterocycles. The minimum Gasteiger partial charge on any atom is -0.354 e. The maximum absolute atomic E-state index is 5.44. The van der Waals surface area contributed by atoms with Crippen LogP contribution in [-0.2, 0) is 6.54 Å². The van der Waals surface area contributed by atoms with E-state index in [2.05, 4.69) is 187 Å². The summed E-state index contributed by atoms with van der Waals surface area (Å²) in [4.78, 5) is 14.7. The van der Waals surface area contributed by atoms with Crippen molar-refractivity contribution in [3.63, 3.8) is 0 Å². The van der Waals surface area contributed by atoms with Gasteiger partial charge in [-0.3, -0.25) is 0 Å². The van der Waals surface area contributed by atoms with Crippen molar-refractivity contribution in [1.29, 1.82) is 0 Å². The number of aliphatic imine (C=N–C) groups is 2. The van der Waals surface area contributed by atoms with E-state index in [0.29, 0.717) is 0 Å². The van der Waals surface area contributed by atoms with Crippen LogP contribution in [0.4, 0.5) is 0 Å². The van der Waals surface area contributed by atoms with Gasteiger partial charge < -0.3 is 9.55 Å². The van der Waals surface area contributed by atoms with E-state index in [4.69, 9.17) is 9.98 Å². The van der Waals surface area contributed by atoms with Crippen molar-refractivity contribution in [3.05, 3.63) is 226 Å². The Labute approximate surface area is 297 Å². The molecule has 1 N–H and O–H groups in total. The normalized spacial score (nSPS) is 15.2. The molecular weight excluding hydrogens is 621 g/mol. The standard InChI is InChI=1S/C47H36N4/c1-2-29-51-31-36-30-43(51)47(35-21-13-6-14-22-35)42-28-27-41(50-42)46(34-19-11-5-12-20-34)40-26-25-39(49-40)45(33-17-9-4-10-18-33)38-24-23-37(48-38)44(36)32-15-7-3-8-16-32/h3-28,30-31,48H,2,29H2,1H3. The summed E-state index contributed by atoms with van der Waals surface area (Å²) < 4.78 is 2.41. The molecule has 9 rings (SSSR count). The van der Waals surface area contributed by atoms with Gasteiger partial charge in [0.25, 0.3) is 0 Å². The lowest BCUT2D eigenvalue weighted by molar-refractivity contribution is 0.676. The molecule has 0 spiro atoms. The van der Waals surface area contributed by atoms with Crippen LogP contribution in [0, 0.1) is 0 Å². The molecule has 0 aliphatic carbocycles. The maximum Gasteiger partial charge on any atom is 0.0738 e. The first-order valence-corrected chi connectivity index (χ1v) is 17.6. The summed E-state index contributed by atoms with van der Waals surface area (Å²) in [6.07, 6.45) is 11.9. The summed E-state index contributed by atoms with van der Waals surface area (Å²) in [5.41, 5.74) is 14.7. The van der Waals surface area contributed by atoms with Crippen LogP contribution in [0.3, 0.4) is 0 Å². The molecule has 0 fully saturated rings. The minimum absolute atomic E-state index is 0.879. The van der Waals surface area contributed by atoms with Crippen molar-refractivity contribution in [2.24, 2.45) is 9.98 Å². The lowest BCUT2D eigenvalue weighted by Gasteiger charge is -2.14. The van der Waals surface area contributed by atoms with Crippen molar-refractivity contribution >= 4 is 33.7 Å². The summed E-state index contributed by atoms with van der Waals surface area (Å²) in [5, 5.41) is 2.07. The number of aromatic amines is 1. The maximum atomic E-state index is 5.44. The van der Waals surface area contributed by atoms with Crippen LogP contribution in [-0.4, -0.2) is 21.0 Å². The first kappa shape index (κ1) is 30.5. The Bertz CT molecular complexity index is 2590. The van der Waals surface area contributed by atoms with Gasteiger partial charge in [-0.25, -0.2) is 9.98 Å². The Morgan fingerprint density at radius 2 is 0.922 bits per heavy atom. The van der Waals surface area contributed by atoms with Crippen LogP contribution in [0.5, 0.6) is 0 Å². The molecule has 3 aliphatic rings. The Morgan fingerprint density at radius 3 is 1.47 bits per heavy atom. The van der Waals surface area contributed by atoms with Gasteiger partial charge in [0.05, 0.1) is 28.5 Å². The van der Waals surface area contributed by atoms with Crippen molar-refractivity contribution in [2.75, 3.05) is 0 Å². The third-order valence-corrected chi connectivity index (χ3v) is 9.68. The number of H-pyrrole nitrogens is 1. The van der Waals surface area contributed by atoms with Crippen LogP contribution in [0.1, 0.15) is 46.9 Å². The fourth-order valence-electron chi connectivity index (χ4n) is 7.44. The summed E-state index contributed by atoms with van der Waals surface area (Å²) >= 11 is 0. The number of fused-ring (bicyclic) bond motifs is 6. The first-order valence-electron chi connectivity index (χ1n) is 17.6. The lowest BCUT2D eigenvalue weighted by Crippen LogP contribution is -2.19. The Hall–Kier alpha value is -6.52.